The highest BCUT2D eigenvalue weighted by Crippen LogP contribution is 2.58. The zero-order chi connectivity index (χ0) is 20.9. The number of hydrogen-bond donors (Lipinski definition) is 0. The smallest absolute Gasteiger partial charge is 0.334 e. The molecular formula is C22H41NO5Si. The van der Waals surface area contributed by atoms with Crippen molar-refractivity contribution in [3.63, 3.8) is 0 Å². The summed E-state index contributed by atoms with van der Waals surface area (Å²) in [5.41, 5.74) is -0.841. The van der Waals surface area contributed by atoms with Crippen LogP contribution in [-0.2, 0) is 23.6 Å². The number of carbonyl (C=O) groups is 1. The van der Waals surface area contributed by atoms with E-state index in [4.69, 9.17) is 18.8 Å². The summed E-state index contributed by atoms with van der Waals surface area (Å²) in [4.78, 5) is 24.9. The van der Waals surface area contributed by atoms with Gasteiger partial charge in [0.25, 0.3) is 0 Å². The van der Waals surface area contributed by atoms with Crippen molar-refractivity contribution in [2.24, 2.45) is 0 Å². The molecule has 6 nitrogen and oxygen atoms in total. The fraction of sp³-hybridized carbons (Fsp3) is 0.955. The monoisotopic (exact) mass is 427 g/mol. The molecule has 7 heteroatoms. The SMILES string of the molecule is CCCCCCCCCCCC[C@@H]1ON2OC[C@H]3[C@]2(C(=O)OCC)[C@@H]1O[Si]3(C)C. The Morgan fingerprint density at radius 3 is 2.28 bits per heavy atom. The third-order valence-corrected chi connectivity index (χ3v) is 10.1. The van der Waals surface area contributed by atoms with Gasteiger partial charge in [-0.15, -0.1) is 0 Å². The molecule has 3 fully saturated rings. The molecule has 3 rings (SSSR count). The minimum atomic E-state index is -2.06. The van der Waals surface area contributed by atoms with E-state index < -0.39 is 13.9 Å². The van der Waals surface area contributed by atoms with E-state index in [1.54, 1.807) is 0 Å². The summed E-state index contributed by atoms with van der Waals surface area (Å²) in [7, 11) is -2.06. The predicted molar refractivity (Wildman–Crippen MR) is 115 cm³/mol. The van der Waals surface area contributed by atoms with Crippen LogP contribution in [0, 0.1) is 0 Å². The zero-order valence-corrected chi connectivity index (χ0v) is 19.9. The molecule has 0 N–H and O–H groups in total. The maximum Gasteiger partial charge on any atom is 0.334 e. The molecule has 0 bridgehead atoms. The van der Waals surface area contributed by atoms with Crippen LogP contribution in [0.4, 0.5) is 0 Å². The van der Waals surface area contributed by atoms with Crippen LogP contribution in [0.25, 0.3) is 0 Å². The summed E-state index contributed by atoms with van der Waals surface area (Å²) in [6.45, 7) is 9.32. The van der Waals surface area contributed by atoms with Gasteiger partial charge < -0.3 is 9.16 Å². The minimum Gasteiger partial charge on any atom is -0.464 e. The lowest BCUT2D eigenvalue weighted by Crippen LogP contribution is -2.54. The first-order chi connectivity index (χ1) is 14.0. The molecule has 0 unspecified atom stereocenters. The Hall–Kier alpha value is -0.473. The van der Waals surface area contributed by atoms with E-state index in [-0.39, 0.29) is 23.7 Å². The van der Waals surface area contributed by atoms with Crippen LogP contribution in [0.5, 0.6) is 0 Å². The molecule has 4 atom stereocenters. The lowest BCUT2D eigenvalue weighted by atomic mass is 9.86. The molecule has 0 amide bonds. The van der Waals surface area contributed by atoms with Crippen molar-refractivity contribution in [3.8, 4) is 0 Å². The van der Waals surface area contributed by atoms with E-state index in [9.17, 15) is 4.79 Å². The largest absolute Gasteiger partial charge is 0.464 e. The summed E-state index contributed by atoms with van der Waals surface area (Å²) < 4.78 is 12.0. The van der Waals surface area contributed by atoms with Gasteiger partial charge in [0.1, 0.15) is 12.2 Å². The standard InChI is InChI=1S/C22H41NO5Si/c1-5-7-8-9-10-11-12-13-14-15-16-18-20-22(21(24)25-6-2)19(29(3,4)28-20)17-26-23(22)27-18/h18-20H,5-17H2,1-4H3/t18-,19-,20+,22+/m0/s1. The Balaban J connectivity index is 1.46. The molecule has 168 valence electrons. The van der Waals surface area contributed by atoms with Gasteiger partial charge in [0.2, 0.25) is 5.54 Å². The number of nitrogens with zero attached hydrogens (tertiary/aromatic N) is 1. The van der Waals surface area contributed by atoms with Gasteiger partial charge in [-0.1, -0.05) is 71.1 Å². The van der Waals surface area contributed by atoms with E-state index >= 15 is 0 Å². The number of esters is 1. The van der Waals surface area contributed by atoms with E-state index in [0.717, 1.165) is 12.8 Å². The summed E-state index contributed by atoms with van der Waals surface area (Å²) in [6.07, 6.45) is 13.6. The number of carbonyl (C=O) groups excluding carboxylic acids is 1. The highest BCUT2D eigenvalue weighted by Gasteiger charge is 2.78. The van der Waals surface area contributed by atoms with E-state index in [1.165, 1.54) is 63.0 Å². The van der Waals surface area contributed by atoms with Crippen molar-refractivity contribution < 1.29 is 23.6 Å². The Labute approximate surface area is 177 Å². The maximum atomic E-state index is 13.0. The molecule has 3 aliphatic rings. The van der Waals surface area contributed by atoms with Gasteiger partial charge in [-0.25, -0.2) is 4.79 Å². The van der Waals surface area contributed by atoms with Crippen molar-refractivity contribution in [2.45, 2.75) is 121 Å². The van der Waals surface area contributed by atoms with Crippen molar-refractivity contribution >= 4 is 14.3 Å². The normalized spacial score (nSPS) is 32.6. The van der Waals surface area contributed by atoms with Gasteiger partial charge in [0.15, 0.2) is 8.32 Å². The molecule has 0 aromatic carbocycles. The second-order valence-electron chi connectivity index (χ2n) is 9.41. The summed E-state index contributed by atoms with van der Waals surface area (Å²) >= 11 is 0. The first-order valence-corrected chi connectivity index (χ1v) is 14.9. The molecule has 29 heavy (non-hydrogen) atoms. The molecule has 3 heterocycles. The van der Waals surface area contributed by atoms with Gasteiger partial charge in [-0.3, -0.25) is 9.68 Å². The predicted octanol–water partition coefficient (Wildman–Crippen LogP) is 5.13. The third kappa shape index (κ3) is 4.59. The lowest BCUT2D eigenvalue weighted by molar-refractivity contribution is -0.355. The topological polar surface area (TPSA) is 57.2 Å². The number of hydroxylamine groups is 2. The highest BCUT2D eigenvalue weighted by atomic mass is 28.4. The summed E-state index contributed by atoms with van der Waals surface area (Å²) in [6, 6.07) is 0. The molecule has 0 spiro atoms. The molecule has 0 saturated carbocycles. The Bertz CT molecular complexity index is 545. The minimum absolute atomic E-state index is 0.0526. The Morgan fingerprint density at radius 1 is 1.03 bits per heavy atom. The fourth-order valence-corrected chi connectivity index (χ4v) is 8.38. The van der Waals surface area contributed by atoms with Crippen LogP contribution in [0.3, 0.4) is 0 Å². The average Bonchev–Trinajstić information content (AvgIpc) is 3.28. The van der Waals surface area contributed by atoms with Crippen LogP contribution in [0.1, 0.15) is 84.5 Å². The number of rotatable bonds is 13. The molecule has 0 aromatic rings. The van der Waals surface area contributed by atoms with Crippen molar-refractivity contribution in [1.82, 2.24) is 5.23 Å². The molecule has 0 radical (unpaired) electrons. The number of unbranched alkanes of at least 4 members (excludes halogenated alkanes) is 9. The van der Waals surface area contributed by atoms with Crippen LogP contribution < -0.4 is 0 Å². The molecule has 3 saturated heterocycles. The quantitative estimate of drug-likeness (QED) is 0.231. The Morgan fingerprint density at radius 2 is 1.66 bits per heavy atom. The van der Waals surface area contributed by atoms with Crippen molar-refractivity contribution in [2.75, 3.05) is 13.2 Å². The molecule has 0 aromatic heterocycles. The van der Waals surface area contributed by atoms with Crippen molar-refractivity contribution in [1.29, 1.82) is 0 Å². The van der Waals surface area contributed by atoms with Gasteiger partial charge in [-0.2, -0.15) is 0 Å². The first kappa shape index (κ1) is 23.2. The van der Waals surface area contributed by atoms with Gasteiger partial charge in [0, 0.05) is 5.54 Å². The third-order valence-electron chi connectivity index (χ3n) is 6.91. The van der Waals surface area contributed by atoms with Gasteiger partial charge in [-0.05, 0) is 31.7 Å². The fourth-order valence-electron chi connectivity index (χ4n) is 5.31. The van der Waals surface area contributed by atoms with Gasteiger partial charge in [0.05, 0.1) is 13.2 Å². The molecule has 3 aliphatic heterocycles. The second-order valence-corrected chi connectivity index (χ2v) is 13.5. The van der Waals surface area contributed by atoms with Gasteiger partial charge >= 0.3 is 5.97 Å². The number of hydrogen-bond acceptors (Lipinski definition) is 6. The van der Waals surface area contributed by atoms with Crippen LogP contribution in [0.15, 0.2) is 0 Å². The molecular weight excluding hydrogens is 386 g/mol. The lowest BCUT2D eigenvalue weighted by Gasteiger charge is -2.28. The molecule has 0 aliphatic carbocycles. The van der Waals surface area contributed by atoms with E-state index in [1.807, 2.05) is 6.92 Å². The van der Waals surface area contributed by atoms with Crippen LogP contribution >= 0.6 is 0 Å². The number of ether oxygens (including phenoxy) is 1. The second kappa shape index (κ2) is 10.2. The van der Waals surface area contributed by atoms with E-state index in [0.29, 0.717) is 13.2 Å². The zero-order valence-electron chi connectivity index (χ0n) is 18.9. The highest BCUT2D eigenvalue weighted by molar-refractivity contribution is 6.74. The Kier molecular flexibility index (Phi) is 8.18. The van der Waals surface area contributed by atoms with E-state index in [2.05, 4.69) is 20.0 Å². The summed E-state index contributed by atoms with van der Waals surface area (Å²) in [5.74, 6) is -0.240. The van der Waals surface area contributed by atoms with Crippen molar-refractivity contribution in [3.05, 3.63) is 0 Å². The summed E-state index contributed by atoms with van der Waals surface area (Å²) in [5, 5.41) is 1.46. The first-order valence-electron chi connectivity index (χ1n) is 11.9. The average molecular weight is 428 g/mol. The van der Waals surface area contributed by atoms with Crippen LogP contribution in [0.2, 0.25) is 18.6 Å². The maximum absolute atomic E-state index is 13.0. The van der Waals surface area contributed by atoms with Crippen LogP contribution in [-0.4, -0.2) is 50.5 Å².